The summed E-state index contributed by atoms with van der Waals surface area (Å²) in [7, 11) is 0. The standard InChI is InChI=1S/C10H18N2OS/c1-6(2)12(5-9(11)14)10(13)8-4-7(8)3/h6-8H,4-5H2,1-3H3,(H2,11,14). The van der Waals surface area contributed by atoms with Gasteiger partial charge >= 0.3 is 0 Å². The number of carbonyl (C=O) groups is 1. The van der Waals surface area contributed by atoms with Crippen LogP contribution < -0.4 is 5.73 Å². The molecule has 0 spiro atoms. The van der Waals surface area contributed by atoms with Crippen molar-refractivity contribution in [2.24, 2.45) is 17.6 Å². The second-order valence-corrected chi connectivity index (χ2v) is 4.87. The van der Waals surface area contributed by atoms with Gasteiger partial charge in [0, 0.05) is 12.0 Å². The summed E-state index contributed by atoms with van der Waals surface area (Å²) in [5, 5.41) is 0. The molecule has 1 fully saturated rings. The minimum Gasteiger partial charge on any atom is -0.392 e. The summed E-state index contributed by atoms with van der Waals surface area (Å²) in [4.78, 5) is 14.1. The number of hydrogen-bond acceptors (Lipinski definition) is 2. The van der Waals surface area contributed by atoms with Crippen molar-refractivity contribution in [2.45, 2.75) is 33.2 Å². The first-order chi connectivity index (χ1) is 6.43. The molecule has 1 aliphatic carbocycles. The predicted octanol–water partition coefficient (Wildman–Crippen LogP) is 1.17. The Labute approximate surface area is 90.6 Å². The highest BCUT2D eigenvalue weighted by molar-refractivity contribution is 7.80. The van der Waals surface area contributed by atoms with E-state index in [-0.39, 0.29) is 17.9 Å². The average Bonchev–Trinajstić information content (AvgIpc) is 2.76. The van der Waals surface area contributed by atoms with Crippen molar-refractivity contribution < 1.29 is 4.79 Å². The maximum Gasteiger partial charge on any atom is 0.226 e. The Hall–Kier alpha value is -0.640. The number of amides is 1. The molecule has 1 aliphatic rings. The molecular weight excluding hydrogens is 196 g/mol. The molecule has 0 radical (unpaired) electrons. The number of thiocarbonyl (C=S) groups is 1. The van der Waals surface area contributed by atoms with Gasteiger partial charge in [0.2, 0.25) is 5.91 Å². The van der Waals surface area contributed by atoms with Crippen LogP contribution in [0.15, 0.2) is 0 Å². The Morgan fingerprint density at radius 3 is 2.43 bits per heavy atom. The van der Waals surface area contributed by atoms with Gasteiger partial charge in [-0.1, -0.05) is 19.1 Å². The quantitative estimate of drug-likeness (QED) is 0.714. The van der Waals surface area contributed by atoms with E-state index < -0.39 is 0 Å². The van der Waals surface area contributed by atoms with Gasteiger partial charge in [0.25, 0.3) is 0 Å². The topological polar surface area (TPSA) is 46.3 Å². The van der Waals surface area contributed by atoms with E-state index in [0.717, 1.165) is 6.42 Å². The minimum absolute atomic E-state index is 0.178. The van der Waals surface area contributed by atoms with Crippen LogP contribution in [0.5, 0.6) is 0 Å². The molecule has 0 heterocycles. The van der Waals surface area contributed by atoms with Crippen LogP contribution in [-0.2, 0) is 4.79 Å². The molecule has 2 atom stereocenters. The molecule has 2 unspecified atom stereocenters. The molecule has 2 N–H and O–H groups in total. The zero-order valence-electron chi connectivity index (χ0n) is 8.99. The molecule has 0 aromatic heterocycles. The van der Waals surface area contributed by atoms with Crippen LogP contribution in [0.4, 0.5) is 0 Å². The fourth-order valence-electron chi connectivity index (χ4n) is 1.56. The summed E-state index contributed by atoms with van der Waals surface area (Å²) in [6, 6.07) is 0.178. The van der Waals surface area contributed by atoms with E-state index in [9.17, 15) is 4.79 Å². The molecule has 1 rings (SSSR count). The first-order valence-electron chi connectivity index (χ1n) is 5.02. The Morgan fingerprint density at radius 1 is 1.64 bits per heavy atom. The Balaban J connectivity index is 2.58. The molecule has 80 valence electrons. The number of nitrogens with zero attached hydrogens (tertiary/aromatic N) is 1. The molecule has 4 heteroatoms. The van der Waals surface area contributed by atoms with Crippen LogP contribution in [0.3, 0.4) is 0 Å². The average molecular weight is 214 g/mol. The van der Waals surface area contributed by atoms with Crippen molar-refractivity contribution in [3.8, 4) is 0 Å². The Bertz CT molecular complexity index is 253. The Morgan fingerprint density at radius 2 is 2.14 bits per heavy atom. The molecule has 0 aromatic rings. The lowest BCUT2D eigenvalue weighted by Crippen LogP contribution is -2.43. The van der Waals surface area contributed by atoms with E-state index in [0.29, 0.717) is 17.5 Å². The van der Waals surface area contributed by atoms with Crippen LogP contribution in [-0.4, -0.2) is 28.4 Å². The van der Waals surface area contributed by atoms with E-state index in [1.54, 1.807) is 4.90 Å². The van der Waals surface area contributed by atoms with Crippen molar-refractivity contribution in [3.05, 3.63) is 0 Å². The highest BCUT2D eigenvalue weighted by atomic mass is 32.1. The summed E-state index contributed by atoms with van der Waals surface area (Å²) in [5.74, 6) is 0.960. The van der Waals surface area contributed by atoms with Gasteiger partial charge in [-0.25, -0.2) is 0 Å². The second-order valence-electron chi connectivity index (χ2n) is 4.35. The van der Waals surface area contributed by atoms with Crippen molar-refractivity contribution in [2.75, 3.05) is 6.54 Å². The SMILES string of the molecule is CC1CC1C(=O)N(CC(N)=S)C(C)C. The van der Waals surface area contributed by atoms with Crippen LogP contribution in [0.2, 0.25) is 0 Å². The molecule has 0 aliphatic heterocycles. The van der Waals surface area contributed by atoms with Crippen LogP contribution in [0.1, 0.15) is 27.2 Å². The van der Waals surface area contributed by atoms with Gasteiger partial charge in [-0.2, -0.15) is 0 Å². The summed E-state index contributed by atoms with van der Waals surface area (Å²) in [6.07, 6.45) is 1.01. The zero-order chi connectivity index (χ0) is 10.9. The van der Waals surface area contributed by atoms with Gasteiger partial charge in [0.1, 0.15) is 0 Å². The number of nitrogens with two attached hydrogens (primary N) is 1. The van der Waals surface area contributed by atoms with Crippen molar-refractivity contribution in [1.82, 2.24) is 4.90 Å². The van der Waals surface area contributed by atoms with E-state index in [1.807, 2.05) is 13.8 Å². The van der Waals surface area contributed by atoms with Crippen LogP contribution in [0, 0.1) is 11.8 Å². The van der Waals surface area contributed by atoms with Crippen molar-refractivity contribution >= 4 is 23.1 Å². The number of carbonyl (C=O) groups excluding carboxylic acids is 1. The fourth-order valence-corrected chi connectivity index (χ4v) is 1.70. The molecule has 1 saturated carbocycles. The highest BCUT2D eigenvalue weighted by Gasteiger charge is 2.41. The molecule has 0 bridgehead atoms. The predicted molar refractivity (Wildman–Crippen MR) is 60.9 cm³/mol. The summed E-state index contributed by atoms with van der Waals surface area (Å²) in [6.45, 7) is 6.49. The van der Waals surface area contributed by atoms with Crippen molar-refractivity contribution in [1.29, 1.82) is 0 Å². The lowest BCUT2D eigenvalue weighted by atomic mass is 10.2. The van der Waals surface area contributed by atoms with E-state index in [4.69, 9.17) is 18.0 Å². The largest absolute Gasteiger partial charge is 0.392 e. The zero-order valence-corrected chi connectivity index (χ0v) is 9.80. The third-order valence-corrected chi connectivity index (χ3v) is 2.79. The lowest BCUT2D eigenvalue weighted by molar-refractivity contribution is -0.133. The van der Waals surface area contributed by atoms with E-state index >= 15 is 0 Å². The van der Waals surface area contributed by atoms with Crippen LogP contribution >= 0.6 is 12.2 Å². The maximum absolute atomic E-state index is 11.9. The summed E-state index contributed by atoms with van der Waals surface area (Å²) < 4.78 is 0. The van der Waals surface area contributed by atoms with Gasteiger partial charge < -0.3 is 10.6 Å². The maximum atomic E-state index is 11.9. The van der Waals surface area contributed by atoms with E-state index in [2.05, 4.69) is 6.92 Å². The number of hydrogen-bond donors (Lipinski definition) is 1. The molecule has 0 aromatic carbocycles. The summed E-state index contributed by atoms with van der Waals surface area (Å²) >= 11 is 4.83. The fraction of sp³-hybridized carbons (Fsp3) is 0.800. The number of rotatable bonds is 4. The molecule has 3 nitrogen and oxygen atoms in total. The van der Waals surface area contributed by atoms with Crippen LogP contribution in [0.25, 0.3) is 0 Å². The normalized spacial score (nSPS) is 24.9. The molecule has 1 amide bonds. The molecular formula is C10H18N2OS. The Kier molecular flexibility index (Phi) is 3.48. The minimum atomic E-state index is 0.178. The van der Waals surface area contributed by atoms with E-state index in [1.165, 1.54) is 0 Å². The highest BCUT2D eigenvalue weighted by Crippen LogP contribution is 2.39. The lowest BCUT2D eigenvalue weighted by Gasteiger charge is -2.26. The smallest absolute Gasteiger partial charge is 0.226 e. The third-order valence-electron chi connectivity index (χ3n) is 2.66. The monoisotopic (exact) mass is 214 g/mol. The first kappa shape index (κ1) is 11.4. The summed E-state index contributed by atoms with van der Waals surface area (Å²) in [5.41, 5.74) is 5.46. The van der Waals surface area contributed by atoms with Gasteiger partial charge in [-0.15, -0.1) is 0 Å². The van der Waals surface area contributed by atoms with Crippen molar-refractivity contribution in [3.63, 3.8) is 0 Å². The first-order valence-corrected chi connectivity index (χ1v) is 5.43. The third kappa shape index (κ3) is 2.67. The van der Waals surface area contributed by atoms with Gasteiger partial charge in [-0.3, -0.25) is 4.79 Å². The van der Waals surface area contributed by atoms with Gasteiger partial charge in [-0.05, 0) is 26.2 Å². The molecule has 14 heavy (non-hydrogen) atoms. The second kappa shape index (κ2) is 4.26. The van der Waals surface area contributed by atoms with Gasteiger partial charge in [0.15, 0.2) is 0 Å². The molecule has 0 saturated heterocycles. The van der Waals surface area contributed by atoms with Gasteiger partial charge in [0.05, 0.1) is 11.5 Å².